The highest BCUT2D eigenvalue weighted by molar-refractivity contribution is 6.31. The smallest absolute Gasteiger partial charge is 0.223 e. The Bertz CT molecular complexity index is 832. The lowest BCUT2D eigenvalue weighted by atomic mass is 10.1. The van der Waals surface area contributed by atoms with Crippen molar-refractivity contribution in [3.05, 3.63) is 45.6 Å². The van der Waals surface area contributed by atoms with E-state index in [-0.39, 0.29) is 17.7 Å². The molecule has 1 fully saturated rings. The number of anilines is 2. The molecule has 1 aliphatic carbocycles. The maximum absolute atomic E-state index is 10.2. The van der Waals surface area contributed by atoms with Gasteiger partial charge in [0.1, 0.15) is 17.1 Å². The van der Waals surface area contributed by atoms with Crippen molar-refractivity contribution in [1.29, 1.82) is 0 Å². The molecule has 9 heteroatoms. The van der Waals surface area contributed by atoms with Crippen LogP contribution in [0.5, 0.6) is 0 Å². The Labute approximate surface area is 166 Å². The van der Waals surface area contributed by atoms with Crippen LogP contribution < -0.4 is 11.1 Å². The molecular formula is C18H20Cl2N4O3. The SMILES string of the molecule is Nc1nc(Cl)c(/C=C/c2ccc(Cl)cc2)c(N[C@@H]2C[C@H](CO)[C@@H](O)[C@H]2O)n1. The van der Waals surface area contributed by atoms with Crippen LogP contribution in [0.15, 0.2) is 24.3 Å². The first kappa shape index (κ1) is 19.9. The van der Waals surface area contributed by atoms with E-state index in [9.17, 15) is 15.3 Å². The molecule has 0 spiro atoms. The van der Waals surface area contributed by atoms with Crippen molar-refractivity contribution >= 4 is 47.1 Å². The highest BCUT2D eigenvalue weighted by atomic mass is 35.5. The average molecular weight is 411 g/mol. The minimum absolute atomic E-state index is 0.0158. The van der Waals surface area contributed by atoms with Crippen molar-refractivity contribution in [3.8, 4) is 0 Å². The molecular weight excluding hydrogens is 391 g/mol. The van der Waals surface area contributed by atoms with Gasteiger partial charge in [0, 0.05) is 17.5 Å². The summed E-state index contributed by atoms with van der Waals surface area (Å²) in [6.07, 6.45) is 1.86. The number of nitrogens with two attached hydrogens (primary N) is 1. The summed E-state index contributed by atoms with van der Waals surface area (Å²) in [7, 11) is 0. The van der Waals surface area contributed by atoms with Crippen molar-refractivity contribution in [3.63, 3.8) is 0 Å². The number of aliphatic hydroxyl groups is 3. The van der Waals surface area contributed by atoms with Gasteiger partial charge in [-0.15, -0.1) is 0 Å². The van der Waals surface area contributed by atoms with Crippen molar-refractivity contribution in [2.45, 2.75) is 24.7 Å². The lowest BCUT2D eigenvalue weighted by molar-refractivity contribution is 0.00445. The molecule has 1 aromatic carbocycles. The summed E-state index contributed by atoms with van der Waals surface area (Å²) in [6, 6.07) is 6.73. The molecule has 0 bridgehead atoms. The summed E-state index contributed by atoms with van der Waals surface area (Å²) in [4.78, 5) is 8.15. The van der Waals surface area contributed by atoms with Crippen LogP contribution in [0.2, 0.25) is 10.2 Å². The number of rotatable bonds is 5. The van der Waals surface area contributed by atoms with Crippen molar-refractivity contribution < 1.29 is 15.3 Å². The fourth-order valence-corrected chi connectivity index (χ4v) is 3.46. The first-order chi connectivity index (χ1) is 12.9. The van der Waals surface area contributed by atoms with Gasteiger partial charge in [0.2, 0.25) is 5.95 Å². The van der Waals surface area contributed by atoms with Crippen LogP contribution in [0.3, 0.4) is 0 Å². The molecule has 6 N–H and O–H groups in total. The lowest BCUT2D eigenvalue weighted by Crippen LogP contribution is -2.35. The number of nitrogen functional groups attached to an aromatic ring is 1. The van der Waals surface area contributed by atoms with Gasteiger partial charge < -0.3 is 26.4 Å². The van der Waals surface area contributed by atoms with E-state index in [2.05, 4.69) is 15.3 Å². The summed E-state index contributed by atoms with van der Waals surface area (Å²) < 4.78 is 0. The molecule has 4 atom stereocenters. The Morgan fingerprint density at radius 1 is 1.11 bits per heavy atom. The number of benzene rings is 1. The van der Waals surface area contributed by atoms with E-state index in [0.29, 0.717) is 22.8 Å². The summed E-state index contributed by atoms with van der Waals surface area (Å²) in [5.74, 6) is -0.0920. The molecule has 0 radical (unpaired) electrons. The van der Waals surface area contributed by atoms with Crippen molar-refractivity contribution in [1.82, 2.24) is 9.97 Å². The predicted molar refractivity (Wildman–Crippen MR) is 106 cm³/mol. The molecule has 0 saturated heterocycles. The minimum atomic E-state index is -1.05. The number of nitrogens with one attached hydrogen (secondary N) is 1. The van der Waals surface area contributed by atoms with Crippen LogP contribution in [0, 0.1) is 5.92 Å². The first-order valence-corrected chi connectivity index (χ1v) is 9.15. The molecule has 3 rings (SSSR count). The zero-order valence-electron chi connectivity index (χ0n) is 14.3. The molecule has 7 nitrogen and oxygen atoms in total. The highest BCUT2D eigenvalue weighted by Crippen LogP contribution is 2.31. The van der Waals surface area contributed by atoms with E-state index >= 15 is 0 Å². The average Bonchev–Trinajstić information content (AvgIpc) is 2.90. The zero-order chi connectivity index (χ0) is 19.6. The van der Waals surface area contributed by atoms with Gasteiger partial charge in [-0.2, -0.15) is 4.98 Å². The number of hydrogen-bond acceptors (Lipinski definition) is 7. The Balaban J connectivity index is 1.88. The van der Waals surface area contributed by atoms with Gasteiger partial charge in [0.25, 0.3) is 0 Å². The normalized spacial score (nSPS) is 25.2. The van der Waals surface area contributed by atoms with Gasteiger partial charge in [-0.05, 0) is 30.2 Å². The Morgan fingerprint density at radius 2 is 1.81 bits per heavy atom. The Hall–Kier alpha value is -1.90. The van der Waals surface area contributed by atoms with Crippen LogP contribution in [0.1, 0.15) is 17.5 Å². The summed E-state index contributed by atoms with van der Waals surface area (Å²) in [6.45, 7) is -0.216. The van der Waals surface area contributed by atoms with Crippen molar-refractivity contribution in [2.24, 2.45) is 5.92 Å². The third-order valence-electron chi connectivity index (χ3n) is 4.59. The summed E-state index contributed by atoms with van der Waals surface area (Å²) in [5, 5.41) is 33.4. The third kappa shape index (κ3) is 4.51. The standard InChI is InChI=1S/C18H20Cl2N4O3/c19-11-4-1-9(2-5-11)3-6-12-16(20)23-18(21)24-17(12)22-13-7-10(8-25)14(26)15(13)27/h1-6,10,13-15,25-27H,7-8H2,(H3,21,22,23,24)/b6-3+/t10-,13-,14-,15+/m1/s1. The molecule has 27 heavy (non-hydrogen) atoms. The van der Waals surface area contributed by atoms with Gasteiger partial charge >= 0.3 is 0 Å². The molecule has 1 saturated carbocycles. The first-order valence-electron chi connectivity index (χ1n) is 8.39. The number of aromatic nitrogens is 2. The molecule has 2 aromatic rings. The number of aliphatic hydroxyl groups excluding tert-OH is 3. The van der Waals surface area contributed by atoms with Gasteiger partial charge in [0.05, 0.1) is 17.7 Å². The molecule has 1 heterocycles. The summed E-state index contributed by atoms with van der Waals surface area (Å²) >= 11 is 12.1. The van der Waals surface area contributed by atoms with Crippen LogP contribution in [-0.2, 0) is 0 Å². The van der Waals surface area contributed by atoms with E-state index in [1.54, 1.807) is 18.2 Å². The van der Waals surface area contributed by atoms with Gasteiger partial charge in [-0.25, -0.2) is 4.98 Å². The molecule has 0 unspecified atom stereocenters. The van der Waals surface area contributed by atoms with E-state index in [4.69, 9.17) is 28.9 Å². The second kappa shape index (κ2) is 8.41. The van der Waals surface area contributed by atoms with Crippen LogP contribution in [-0.4, -0.2) is 50.1 Å². The molecule has 144 valence electrons. The maximum Gasteiger partial charge on any atom is 0.223 e. The molecule has 1 aliphatic rings. The quantitative estimate of drug-likeness (QED) is 0.477. The Morgan fingerprint density at radius 3 is 2.44 bits per heavy atom. The molecule has 1 aromatic heterocycles. The third-order valence-corrected chi connectivity index (χ3v) is 5.13. The van der Waals surface area contributed by atoms with E-state index in [1.165, 1.54) is 0 Å². The lowest BCUT2D eigenvalue weighted by Gasteiger charge is -2.20. The van der Waals surface area contributed by atoms with Gasteiger partial charge in [-0.3, -0.25) is 0 Å². The topological polar surface area (TPSA) is 125 Å². The molecule has 0 amide bonds. The zero-order valence-corrected chi connectivity index (χ0v) is 15.8. The van der Waals surface area contributed by atoms with Gasteiger partial charge in [-0.1, -0.05) is 41.4 Å². The van der Waals surface area contributed by atoms with Gasteiger partial charge in [0.15, 0.2) is 0 Å². The van der Waals surface area contributed by atoms with E-state index in [1.807, 2.05) is 18.2 Å². The second-order valence-electron chi connectivity index (χ2n) is 6.43. The largest absolute Gasteiger partial charge is 0.396 e. The Kier molecular flexibility index (Phi) is 6.18. The number of halogens is 2. The van der Waals surface area contributed by atoms with E-state index < -0.39 is 24.2 Å². The monoisotopic (exact) mass is 410 g/mol. The summed E-state index contributed by atoms with van der Waals surface area (Å²) in [5.41, 5.74) is 7.10. The fourth-order valence-electron chi connectivity index (χ4n) is 3.09. The van der Waals surface area contributed by atoms with Crippen LogP contribution in [0.4, 0.5) is 11.8 Å². The highest BCUT2D eigenvalue weighted by Gasteiger charge is 2.41. The van der Waals surface area contributed by atoms with Crippen molar-refractivity contribution in [2.75, 3.05) is 17.7 Å². The number of hydrogen-bond donors (Lipinski definition) is 5. The van der Waals surface area contributed by atoms with Crippen LogP contribution in [0.25, 0.3) is 12.2 Å². The second-order valence-corrected chi connectivity index (χ2v) is 7.22. The van der Waals surface area contributed by atoms with Crippen LogP contribution >= 0.6 is 23.2 Å². The maximum atomic E-state index is 10.2. The molecule has 0 aliphatic heterocycles. The minimum Gasteiger partial charge on any atom is -0.396 e. The fraction of sp³-hybridized carbons (Fsp3) is 0.333. The number of nitrogens with zero attached hydrogens (tertiary/aromatic N) is 2. The predicted octanol–water partition coefficient (Wildman–Crippen LogP) is 2.05. The van der Waals surface area contributed by atoms with E-state index in [0.717, 1.165) is 5.56 Å².